The third-order valence-corrected chi connectivity index (χ3v) is 3.02. The van der Waals surface area contributed by atoms with Crippen LogP contribution in [-0.2, 0) is 0 Å². The lowest BCUT2D eigenvalue weighted by atomic mass is 10.2. The van der Waals surface area contributed by atoms with Crippen LogP contribution in [-0.4, -0.2) is 15.8 Å². The molecule has 17 heavy (non-hydrogen) atoms. The Bertz CT molecular complexity index is 432. The van der Waals surface area contributed by atoms with E-state index in [0.29, 0.717) is 0 Å². The van der Waals surface area contributed by atoms with Gasteiger partial charge in [0.05, 0.1) is 4.90 Å². The number of benzene rings is 1. The van der Waals surface area contributed by atoms with Crippen molar-refractivity contribution in [3.63, 3.8) is 0 Å². The van der Waals surface area contributed by atoms with E-state index < -0.39 is 11.6 Å². The van der Waals surface area contributed by atoms with E-state index in [9.17, 15) is 8.78 Å². The third-order valence-electron chi connectivity index (χ3n) is 1.81. The number of amidine groups is 1. The number of halogens is 2. The Morgan fingerprint density at radius 2 is 1.76 bits per heavy atom. The number of rotatable bonds is 2. The lowest BCUT2D eigenvalue weighted by Gasteiger charge is -2.18. The molecule has 0 radical (unpaired) electrons. The minimum atomic E-state index is -0.716. The van der Waals surface area contributed by atoms with Crippen LogP contribution < -0.4 is 5.73 Å². The van der Waals surface area contributed by atoms with E-state index in [4.69, 9.17) is 10.9 Å². The Morgan fingerprint density at radius 1 is 1.29 bits per heavy atom. The van der Waals surface area contributed by atoms with Crippen molar-refractivity contribution in [2.24, 2.45) is 10.9 Å². The summed E-state index contributed by atoms with van der Waals surface area (Å²) >= 11 is 1.09. The second kappa shape index (κ2) is 4.91. The molecule has 0 atom stereocenters. The molecule has 6 heteroatoms. The molecule has 3 N–H and O–H groups in total. The van der Waals surface area contributed by atoms with Crippen LogP contribution >= 0.6 is 11.8 Å². The molecule has 0 aromatic heterocycles. The van der Waals surface area contributed by atoms with Crippen LogP contribution in [0.25, 0.3) is 0 Å². The fourth-order valence-corrected chi connectivity index (χ4v) is 2.09. The topological polar surface area (TPSA) is 58.6 Å². The van der Waals surface area contributed by atoms with Gasteiger partial charge in [-0.2, -0.15) is 0 Å². The van der Waals surface area contributed by atoms with Crippen LogP contribution in [0.2, 0.25) is 0 Å². The first-order valence-electron chi connectivity index (χ1n) is 4.90. The van der Waals surface area contributed by atoms with Gasteiger partial charge in [-0.1, -0.05) is 25.9 Å². The van der Waals surface area contributed by atoms with Crippen LogP contribution in [0, 0.1) is 11.6 Å². The molecule has 0 heterocycles. The summed E-state index contributed by atoms with van der Waals surface area (Å²) in [5.74, 6) is -1.76. The van der Waals surface area contributed by atoms with Crippen LogP contribution in [0.15, 0.2) is 22.2 Å². The number of hydrogen-bond acceptors (Lipinski definition) is 3. The predicted molar refractivity (Wildman–Crippen MR) is 64.5 cm³/mol. The molecular formula is C11H14F2N2OS. The van der Waals surface area contributed by atoms with Crippen molar-refractivity contribution in [1.29, 1.82) is 0 Å². The Balaban J connectivity index is 3.20. The van der Waals surface area contributed by atoms with Crippen molar-refractivity contribution in [1.82, 2.24) is 0 Å². The lowest BCUT2D eigenvalue weighted by Crippen LogP contribution is -2.15. The van der Waals surface area contributed by atoms with Crippen LogP contribution in [0.3, 0.4) is 0 Å². The molecule has 0 unspecified atom stereocenters. The SMILES string of the molecule is CC(C)(C)Sc1c(F)cc(C(N)=NO)cc1F. The second-order valence-electron chi connectivity index (χ2n) is 4.47. The molecule has 0 aliphatic carbocycles. The molecule has 0 spiro atoms. The summed E-state index contributed by atoms with van der Waals surface area (Å²) in [6.45, 7) is 5.57. The van der Waals surface area contributed by atoms with Gasteiger partial charge in [0, 0.05) is 10.3 Å². The monoisotopic (exact) mass is 260 g/mol. The van der Waals surface area contributed by atoms with Crippen LogP contribution in [0.5, 0.6) is 0 Å². The summed E-state index contributed by atoms with van der Waals surface area (Å²) in [7, 11) is 0. The number of nitrogens with zero attached hydrogens (tertiary/aromatic N) is 1. The largest absolute Gasteiger partial charge is 0.409 e. The molecule has 0 amide bonds. The van der Waals surface area contributed by atoms with Gasteiger partial charge in [-0.25, -0.2) is 8.78 Å². The summed E-state index contributed by atoms with van der Waals surface area (Å²) in [4.78, 5) is -0.0630. The first-order chi connectivity index (χ1) is 7.74. The van der Waals surface area contributed by atoms with Gasteiger partial charge >= 0.3 is 0 Å². The van der Waals surface area contributed by atoms with Crippen LogP contribution in [0.1, 0.15) is 26.3 Å². The zero-order valence-corrected chi connectivity index (χ0v) is 10.6. The van der Waals surface area contributed by atoms with Gasteiger partial charge in [0.25, 0.3) is 0 Å². The number of thioether (sulfide) groups is 1. The van der Waals surface area contributed by atoms with E-state index in [2.05, 4.69) is 5.16 Å². The highest BCUT2D eigenvalue weighted by Crippen LogP contribution is 2.35. The van der Waals surface area contributed by atoms with Crippen molar-refractivity contribution in [3.05, 3.63) is 29.3 Å². The highest BCUT2D eigenvalue weighted by atomic mass is 32.2. The fourth-order valence-electron chi connectivity index (χ4n) is 1.17. The summed E-state index contributed by atoms with van der Waals surface area (Å²) in [6.07, 6.45) is 0. The standard InChI is InChI=1S/C11H14F2N2OS/c1-11(2,3)17-9-7(12)4-6(5-8(9)13)10(14)15-16/h4-5,16H,1-3H3,(H2,14,15). The van der Waals surface area contributed by atoms with Gasteiger partial charge in [0.15, 0.2) is 5.84 Å². The quantitative estimate of drug-likeness (QED) is 0.282. The molecular weight excluding hydrogens is 246 g/mol. The first-order valence-corrected chi connectivity index (χ1v) is 5.72. The maximum Gasteiger partial charge on any atom is 0.170 e. The van der Waals surface area contributed by atoms with Crippen molar-refractivity contribution in [2.45, 2.75) is 30.4 Å². The van der Waals surface area contributed by atoms with Gasteiger partial charge in [-0.15, -0.1) is 11.8 Å². The Morgan fingerprint density at radius 3 is 2.12 bits per heavy atom. The summed E-state index contributed by atoms with van der Waals surface area (Å²) in [5.41, 5.74) is 5.28. The van der Waals surface area contributed by atoms with E-state index in [1.54, 1.807) is 0 Å². The average molecular weight is 260 g/mol. The van der Waals surface area contributed by atoms with Gasteiger partial charge in [0.2, 0.25) is 0 Å². The van der Waals surface area contributed by atoms with Crippen molar-refractivity contribution >= 4 is 17.6 Å². The summed E-state index contributed by atoms with van der Waals surface area (Å²) < 4.78 is 27.1. The highest BCUT2D eigenvalue weighted by Gasteiger charge is 2.20. The Labute approximate surface area is 103 Å². The molecule has 0 saturated carbocycles. The minimum Gasteiger partial charge on any atom is -0.409 e. The zero-order chi connectivity index (χ0) is 13.2. The molecule has 0 saturated heterocycles. The number of nitrogens with two attached hydrogens (primary N) is 1. The maximum absolute atomic E-state index is 13.7. The molecule has 0 fully saturated rings. The van der Waals surface area contributed by atoms with Gasteiger partial charge in [-0.05, 0) is 12.1 Å². The molecule has 0 aliphatic heterocycles. The fraction of sp³-hybridized carbons (Fsp3) is 0.364. The minimum absolute atomic E-state index is 0.0146. The molecule has 1 rings (SSSR count). The third kappa shape index (κ3) is 3.59. The van der Waals surface area contributed by atoms with E-state index in [-0.39, 0.29) is 21.0 Å². The Hall–Kier alpha value is -1.30. The normalized spacial score (nSPS) is 12.9. The van der Waals surface area contributed by atoms with Crippen LogP contribution in [0.4, 0.5) is 8.78 Å². The summed E-state index contributed by atoms with van der Waals surface area (Å²) in [5, 5.41) is 11.1. The molecule has 1 aromatic carbocycles. The van der Waals surface area contributed by atoms with E-state index >= 15 is 0 Å². The smallest absolute Gasteiger partial charge is 0.170 e. The van der Waals surface area contributed by atoms with Crippen molar-refractivity contribution in [2.75, 3.05) is 0 Å². The molecule has 1 aromatic rings. The second-order valence-corrected chi connectivity index (χ2v) is 6.31. The Kier molecular flexibility index (Phi) is 3.98. The van der Waals surface area contributed by atoms with E-state index in [0.717, 1.165) is 23.9 Å². The molecule has 0 aliphatic rings. The van der Waals surface area contributed by atoms with E-state index in [1.165, 1.54) is 0 Å². The molecule has 0 bridgehead atoms. The molecule has 94 valence electrons. The van der Waals surface area contributed by atoms with Crippen molar-refractivity contribution in [3.8, 4) is 0 Å². The highest BCUT2D eigenvalue weighted by molar-refractivity contribution is 8.00. The zero-order valence-electron chi connectivity index (χ0n) is 9.79. The van der Waals surface area contributed by atoms with Gasteiger partial charge in [-0.3, -0.25) is 0 Å². The predicted octanol–water partition coefficient (Wildman–Crippen LogP) is 2.95. The number of hydrogen-bond donors (Lipinski definition) is 2. The van der Waals surface area contributed by atoms with Gasteiger partial charge in [0.1, 0.15) is 11.6 Å². The summed E-state index contributed by atoms with van der Waals surface area (Å²) in [6, 6.07) is 2.10. The van der Waals surface area contributed by atoms with Crippen molar-refractivity contribution < 1.29 is 14.0 Å². The van der Waals surface area contributed by atoms with E-state index in [1.807, 2.05) is 20.8 Å². The first kappa shape index (κ1) is 13.8. The molecule has 3 nitrogen and oxygen atoms in total. The number of oxime groups is 1. The maximum atomic E-state index is 13.7. The average Bonchev–Trinajstić information content (AvgIpc) is 2.20. The lowest BCUT2D eigenvalue weighted by molar-refractivity contribution is 0.318. The van der Waals surface area contributed by atoms with Gasteiger partial charge < -0.3 is 10.9 Å².